The third kappa shape index (κ3) is 4.78. The zero-order valence-corrected chi connectivity index (χ0v) is 14.8. The number of halogens is 1. The fourth-order valence-corrected chi connectivity index (χ4v) is 2.59. The van der Waals surface area contributed by atoms with Crippen molar-refractivity contribution in [3.8, 4) is 0 Å². The number of ketones is 1. The summed E-state index contributed by atoms with van der Waals surface area (Å²) in [5, 5.41) is 2.38. The molecule has 25 heavy (non-hydrogen) atoms. The molecule has 0 saturated carbocycles. The summed E-state index contributed by atoms with van der Waals surface area (Å²) >= 11 is 0. The molecular formula is C18H24FN3O3. The van der Waals surface area contributed by atoms with Crippen LogP contribution >= 0.6 is 0 Å². The molecule has 2 amide bonds. The first-order chi connectivity index (χ1) is 11.7. The van der Waals surface area contributed by atoms with Crippen molar-refractivity contribution in [3.05, 3.63) is 30.1 Å². The van der Waals surface area contributed by atoms with Gasteiger partial charge in [-0.1, -0.05) is 32.9 Å². The van der Waals surface area contributed by atoms with Crippen LogP contribution in [0.4, 0.5) is 10.1 Å². The molecule has 1 aliphatic rings. The van der Waals surface area contributed by atoms with Gasteiger partial charge in [-0.25, -0.2) is 4.39 Å². The van der Waals surface area contributed by atoms with Gasteiger partial charge in [0.2, 0.25) is 11.7 Å². The first kappa shape index (κ1) is 18.9. The molecule has 0 aromatic heterocycles. The van der Waals surface area contributed by atoms with Crippen molar-refractivity contribution in [2.75, 3.05) is 37.6 Å². The average molecular weight is 349 g/mol. The van der Waals surface area contributed by atoms with Crippen molar-refractivity contribution in [2.24, 2.45) is 5.41 Å². The van der Waals surface area contributed by atoms with Crippen molar-refractivity contribution in [1.82, 2.24) is 10.2 Å². The van der Waals surface area contributed by atoms with Crippen molar-refractivity contribution in [1.29, 1.82) is 0 Å². The molecule has 1 fully saturated rings. The van der Waals surface area contributed by atoms with E-state index in [0.717, 1.165) is 0 Å². The van der Waals surface area contributed by atoms with Gasteiger partial charge >= 0.3 is 0 Å². The Kier molecular flexibility index (Phi) is 5.77. The predicted molar refractivity (Wildman–Crippen MR) is 92.7 cm³/mol. The number of anilines is 1. The van der Waals surface area contributed by atoms with E-state index in [1.807, 2.05) is 4.90 Å². The molecule has 0 spiro atoms. The fourth-order valence-electron chi connectivity index (χ4n) is 2.59. The number of Topliss-reactive ketones (excluding diaryl/α,β-unsaturated/α-hetero) is 1. The fraction of sp³-hybridized carbons (Fsp3) is 0.500. The van der Waals surface area contributed by atoms with E-state index >= 15 is 0 Å². The van der Waals surface area contributed by atoms with E-state index in [1.165, 1.54) is 6.07 Å². The Balaban J connectivity index is 1.83. The van der Waals surface area contributed by atoms with Gasteiger partial charge in [-0.2, -0.15) is 0 Å². The number of hydrogen-bond acceptors (Lipinski definition) is 4. The second-order valence-electron chi connectivity index (χ2n) is 7.08. The standard InChI is InChI=1S/C18H24FN3O3/c1-18(2,3)16(24)17(25)20-12-15(23)22-10-8-21(9-11-22)14-7-5-4-6-13(14)19/h4-7H,8-12H2,1-3H3,(H,20,25). The molecule has 1 heterocycles. The van der Waals surface area contributed by atoms with E-state index in [2.05, 4.69) is 5.32 Å². The van der Waals surface area contributed by atoms with Crippen molar-refractivity contribution < 1.29 is 18.8 Å². The van der Waals surface area contributed by atoms with E-state index in [1.54, 1.807) is 43.9 Å². The van der Waals surface area contributed by atoms with E-state index in [9.17, 15) is 18.8 Å². The number of benzene rings is 1. The molecule has 136 valence electrons. The maximum Gasteiger partial charge on any atom is 0.288 e. The lowest BCUT2D eigenvalue weighted by Crippen LogP contribution is -2.52. The molecule has 1 saturated heterocycles. The first-order valence-corrected chi connectivity index (χ1v) is 8.30. The van der Waals surface area contributed by atoms with Gasteiger partial charge in [0.25, 0.3) is 5.91 Å². The molecule has 1 aliphatic heterocycles. The second kappa shape index (κ2) is 7.63. The highest BCUT2D eigenvalue weighted by atomic mass is 19.1. The summed E-state index contributed by atoms with van der Waals surface area (Å²) in [6.07, 6.45) is 0. The Bertz CT molecular complexity index is 662. The number of para-hydroxylation sites is 1. The van der Waals surface area contributed by atoms with Gasteiger partial charge in [0.05, 0.1) is 12.2 Å². The Labute approximate surface area is 147 Å². The number of amides is 2. The highest BCUT2D eigenvalue weighted by Crippen LogP contribution is 2.20. The molecule has 0 atom stereocenters. The molecule has 0 radical (unpaired) electrons. The Morgan fingerprint density at radius 2 is 1.68 bits per heavy atom. The zero-order valence-electron chi connectivity index (χ0n) is 14.8. The zero-order chi connectivity index (χ0) is 18.6. The third-order valence-electron chi connectivity index (χ3n) is 4.11. The van der Waals surface area contributed by atoms with Gasteiger partial charge in [-0.3, -0.25) is 14.4 Å². The minimum atomic E-state index is -0.779. The van der Waals surface area contributed by atoms with E-state index in [0.29, 0.717) is 31.9 Å². The highest BCUT2D eigenvalue weighted by molar-refractivity contribution is 6.38. The van der Waals surface area contributed by atoms with Crippen LogP contribution in [0.3, 0.4) is 0 Å². The van der Waals surface area contributed by atoms with Gasteiger partial charge < -0.3 is 15.1 Å². The quantitative estimate of drug-likeness (QED) is 0.830. The lowest BCUT2D eigenvalue weighted by Gasteiger charge is -2.36. The van der Waals surface area contributed by atoms with Gasteiger partial charge in [0, 0.05) is 31.6 Å². The van der Waals surface area contributed by atoms with Crippen LogP contribution in [-0.4, -0.2) is 55.2 Å². The van der Waals surface area contributed by atoms with Crippen LogP contribution in [0.15, 0.2) is 24.3 Å². The van der Waals surface area contributed by atoms with Crippen LogP contribution in [0.1, 0.15) is 20.8 Å². The van der Waals surface area contributed by atoms with Crippen LogP contribution in [0.5, 0.6) is 0 Å². The van der Waals surface area contributed by atoms with Gasteiger partial charge in [-0.05, 0) is 12.1 Å². The molecular weight excluding hydrogens is 325 g/mol. The molecule has 6 nitrogen and oxygen atoms in total. The summed E-state index contributed by atoms with van der Waals surface area (Å²) in [4.78, 5) is 39.3. The monoisotopic (exact) mass is 349 g/mol. The molecule has 7 heteroatoms. The molecule has 2 rings (SSSR count). The number of hydrogen-bond donors (Lipinski definition) is 1. The smallest absolute Gasteiger partial charge is 0.288 e. The molecule has 0 unspecified atom stereocenters. The lowest BCUT2D eigenvalue weighted by molar-refractivity contribution is -0.143. The lowest BCUT2D eigenvalue weighted by atomic mass is 9.90. The number of carbonyl (C=O) groups is 3. The Hall–Kier alpha value is -2.44. The van der Waals surface area contributed by atoms with E-state index < -0.39 is 17.1 Å². The molecule has 0 aliphatic carbocycles. The maximum atomic E-state index is 13.8. The SMILES string of the molecule is CC(C)(C)C(=O)C(=O)NCC(=O)N1CCN(c2ccccc2F)CC1. The second-order valence-corrected chi connectivity index (χ2v) is 7.08. The van der Waals surface area contributed by atoms with Gasteiger partial charge in [0.1, 0.15) is 5.82 Å². The predicted octanol–water partition coefficient (Wildman–Crippen LogP) is 1.21. The summed E-state index contributed by atoms with van der Waals surface area (Å²) < 4.78 is 13.8. The highest BCUT2D eigenvalue weighted by Gasteiger charge is 2.29. The number of rotatable bonds is 4. The van der Waals surface area contributed by atoms with Crippen LogP contribution < -0.4 is 10.2 Å². The Morgan fingerprint density at radius 3 is 2.24 bits per heavy atom. The van der Waals surface area contributed by atoms with Gasteiger partial charge in [-0.15, -0.1) is 0 Å². The summed E-state index contributed by atoms with van der Waals surface area (Å²) in [5.41, 5.74) is -0.253. The van der Waals surface area contributed by atoms with Crippen molar-refractivity contribution in [3.63, 3.8) is 0 Å². The number of carbonyl (C=O) groups excluding carboxylic acids is 3. The average Bonchev–Trinajstić information content (AvgIpc) is 2.58. The number of nitrogens with one attached hydrogen (secondary N) is 1. The third-order valence-corrected chi connectivity index (χ3v) is 4.11. The van der Waals surface area contributed by atoms with Crippen LogP contribution in [0.25, 0.3) is 0 Å². The van der Waals surface area contributed by atoms with Crippen LogP contribution in [0.2, 0.25) is 0 Å². The molecule has 1 aromatic carbocycles. The minimum absolute atomic E-state index is 0.208. The molecule has 1 N–H and O–H groups in total. The van der Waals surface area contributed by atoms with E-state index in [4.69, 9.17) is 0 Å². The maximum absolute atomic E-state index is 13.8. The normalized spacial score (nSPS) is 15.0. The van der Waals surface area contributed by atoms with E-state index in [-0.39, 0.29) is 18.3 Å². The Morgan fingerprint density at radius 1 is 1.08 bits per heavy atom. The summed E-state index contributed by atoms with van der Waals surface area (Å²) in [6.45, 7) is 6.66. The summed E-state index contributed by atoms with van der Waals surface area (Å²) in [5.74, 6) is -1.83. The largest absolute Gasteiger partial charge is 0.366 e. The number of piperazine rings is 1. The minimum Gasteiger partial charge on any atom is -0.366 e. The summed E-state index contributed by atoms with van der Waals surface area (Å²) in [7, 11) is 0. The van der Waals surface area contributed by atoms with Crippen LogP contribution in [-0.2, 0) is 14.4 Å². The first-order valence-electron chi connectivity index (χ1n) is 8.30. The van der Waals surface area contributed by atoms with Crippen LogP contribution in [0, 0.1) is 11.2 Å². The van der Waals surface area contributed by atoms with Crippen molar-refractivity contribution >= 4 is 23.3 Å². The number of nitrogens with zero attached hydrogens (tertiary/aromatic N) is 2. The summed E-state index contributed by atoms with van der Waals surface area (Å²) in [6, 6.07) is 6.54. The van der Waals surface area contributed by atoms with Crippen molar-refractivity contribution in [2.45, 2.75) is 20.8 Å². The van der Waals surface area contributed by atoms with Gasteiger partial charge in [0.15, 0.2) is 0 Å². The topological polar surface area (TPSA) is 69.7 Å². The molecule has 0 bridgehead atoms. The molecule has 1 aromatic rings.